The van der Waals surface area contributed by atoms with Crippen molar-refractivity contribution in [2.45, 2.75) is 31.9 Å². The molecule has 78 valence electrons. The lowest BCUT2D eigenvalue weighted by molar-refractivity contribution is 0.154. The minimum absolute atomic E-state index is 0.121. The van der Waals surface area contributed by atoms with Gasteiger partial charge in [0.2, 0.25) is 0 Å². The zero-order valence-corrected chi connectivity index (χ0v) is 8.67. The quantitative estimate of drug-likeness (QED) is 0.768. The molecule has 0 fully saturated rings. The van der Waals surface area contributed by atoms with Gasteiger partial charge in [-0.25, -0.2) is 4.39 Å². The zero-order chi connectivity index (χ0) is 10.4. The highest BCUT2D eigenvalue weighted by Gasteiger charge is 2.24. The summed E-state index contributed by atoms with van der Waals surface area (Å²) in [6.07, 6.45) is 1.78. The summed E-state index contributed by atoms with van der Waals surface area (Å²) in [5.41, 5.74) is 5.40. The second kappa shape index (κ2) is 5.11. The van der Waals surface area contributed by atoms with Gasteiger partial charge in [0.15, 0.2) is 0 Å². The molecule has 2 heteroatoms. The predicted molar refractivity (Wildman–Crippen MR) is 57.9 cm³/mol. The summed E-state index contributed by atoms with van der Waals surface area (Å²) < 4.78 is 13.8. The van der Waals surface area contributed by atoms with Crippen molar-refractivity contribution in [3.8, 4) is 0 Å². The van der Waals surface area contributed by atoms with Crippen LogP contribution in [-0.2, 0) is 6.42 Å². The van der Waals surface area contributed by atoms with Crippen LogP contribution >= 0.6 is 0 Å². The molecule has 14 heavy (non-hydrogen) atoms. The van der Waals surface area contributed by atoms with Gasteiger partial charge in [0.05, 0.1) is 0 Å². The number of rotatable bonds is 5. The molecule has 0 amide bonds. The van der Waals surface area contributed by atoms with E-state index in [9.17, 15) is 4.39 Å². The van der Waals surface area contributed by atoms with Gasteiger partial charge in [0, 0.05) is 6.54 Å². The topological polar surface area (TPSA) is 26.0 Å². The zero-order valence-electron chi connectivity index (χ0n) is 8.67. The van der Waals surface area contributed by atoms with E-state index in [0.29, 0.717) is 12.8 Å². The van der Waals surface area contributed by atoms with Crippen LogP contribution in [0.5, 0.6) is 0 Å². The van der Waals surface area contributed by atoms with Crippen molar-refractivity contribution in [1.82, 2.24) is 0 Å². The molecule has 0 aromatic heterocycles. The van der Waals surface area contributed by atoms with Gasteiger partial charge < -0.3 is 5.73 Å². The maximum Gasteiger partial charge on any atom is 0.123 e. The fraction of sp³-hybridized carbons (Fsp3) is 0.500. The molecule has 0 saturated heterocycles. The number of hydrogen-bond acceptors (Lipinski definition) is 1. The van der Waals surface area contributed by atoms with Crippen LogP contribution in [0.3, 0.4) is 0 Å². The Morgan fingerprint density at radius 3 is 2.43 bits per heavy atom. The van der Waals surface area contributed by atoms with Crippen LogP contribution in [-0.4, -0.2) is 12.2 Å². The smallest absolute Gasteiger partial charge is 0.123 e. The van der Waals surface area contributed by atoms with E-state index < -0.39 is 5.67 Å². The Labute approximate surface area is 85.1 Å². The molecule has 2 N–H and O–H groups in total. The van der Waals surface area contributed by atoms with Crippen molar-refractivity contribution in [2.24, 2.45) is 5.73 Å². The van der Waals surface area contributed by atoms with Crippen molar-refractivity contribution in [3.05, 3.63) is 35.9 Å². The lowest BCUT2D eigenvalue weighted by atomic mass is 9.94. The number of halogens is 1. The summed E-state index contributed by atoms with van der Waals surface area (Å²) in [7, 11) is 0. The van der Waals surface area contributed by atoms with Crippen molar-refractivity contribution in [3.63, 3.8) is 0 Å². The predicted octanol–water partition coefficient (Wildman–Crippen LogP) is 2.70. The minimum atomic E-state index is -1.18. The largest absolute Gasteiger partial charge is 0.328 e. The number of nitrogens with two attached hydrogens (primary N) is 1. The van der Waals surface area contributed by atoms with E-state index in [1.54, 1.807) is 0 Å². The van der Waals surface area contributed by atoms with Gasteiger partial charge in [0.25, 0.3) is 0 Å². The highest BCUT2D eigenvalue weighted by molar-refractivity contribution is 5.15. The first-order valence-corrected chi connectivity index (χ1v) is 5.13. The molecule has 0 aliphatic rings. The number of hydrogen-bond donors (Lipinski definition) is 1. The normalized spacial score (nSPS) is 15.1. The molecule has 0 heterocycles. The van der Waals surface area contributed by atoms with Gasteiger partial charge in [-0.2, -0.15) is 0 Å². The van der Waals surface area contributed by atoms with E-state index in [-0.39, 0.29) is 6.54 Å². The average molecular weight is 195 g/mol. The van der Waals surface area contributed by atoms with Crippen LogP contribution in [0.4, 0.5) is 4.39 Å². The molecule has 1 unspecified atom stereocenters. The molecule has 0 spiro atoms. The molecule has 1 aromatic rings. The Hall–Kier alpha value is -0.890. The van der Waals surface area contributed by atoms with Crippen LogP contribution in [0.2, 0.25) is 0 Å². The van der Waals surface area contributed by atoms with Gasteiger partial charge in [-0.3, -0.25) is 0 Å². The third-order valence-corrected chi connectivity index (χ3v) is 2.70. The van der Waals surface area contributed by atoms with Gasteiger partial charge >= 0.3 is 0 Å². The molecule has 0 aliphatic heterocycles. The standard InChI is InChI=1S/C12H18FN/c1-2-12(13,10-14)9-8-11-6-4-3-5-7-11/h3-7H,2,8-10,14H2,1H3. The van der Waals surface area contributed by atoms with E-state index >= 15 is 0 Å². The molecule has 0 radical (unpaired) electrons. The summed E-state index contributed by atoms with van der Waals surface area (Å²) in [6.45, 7) is 1.97. The summed E-state index contributed by atoms with van der Waals surface area (Å²) in [5, 5.41) is 0. The van der Waals surface area contributed by atoms with E-state index in [2.05, 4.69) is 0 Å². The first-order valence-electron chi connectivity index (χ1n) is 5.13. The molecule has 0 bridgehead atoms. The van der Waals surface area contributed by atoms with E-state index in [0.717, 1.165) is 6.42 Å². The fourth-order valence-corrected chi connectivity index (χ4v) is 1.44. The second-order valence-electron chi connectivity index (χ2n) is 3.69. The van der Waals surface area contributed by atoms with Crippen molar-refractivity contribution < 1.29 is 4.39 Å². The van der Waals surface area contributed by atoms with Gasteiger partial charge in [0.1, 0.15) is 5.67 Å². The van der Waals surface area contributed by atoms with Crippen LogP contribution in [0, 0.1) is 0 Å². The van der Waals surface area contributed by atoms with Crippen LogP contribution in [0.15, 0.2) is 30.3 Å². The van der Waals surface area contributed by atoms with Crippen LogP contribution in [0.25, 0.3) is 0 Å². The lowest BCUT2D eigenvalue weighted by Gasteiger charge is -2.21. The maximum absolute atomic E-state index is 13.8. The Morgan fingerprint density at radius 1 is 1.29 bits per heavy atom. The summed E-state index contributed by atoms with van der Waals surface area (Å²) >= 11 is 0. The lowest BCUT2D eigenvalue weighted by Crippen LogP contribution is -2.32. The first kappa shape index (κ1) is 11.2. The molecule has 1 nitrogen and oxygen atoms in total. The third-order valence-electron chi connectivity index (χ3n) is 2.70. The molecular weight excluding hydrogens is 177 g/mol. The minimum Gasteiger partial charge on any atom is -0.328 e. The maximum atomic E-state index is 13.8. The van der Waals surface area contributed by atoms with Gasteiger partial charge in [-0.1, -0.05) is 37.3 Å². The fourth-order valence-electron chi connectivity index (χ4n) is 1.44. The van der Waals surface area contributed by atoms with Crippen molar-refractivity contribution in [2.75, 3.05) is 6.54 Å². The Kier molecular flexibility index (Phi) is 4.08. The molecule has 1 aromatic carbocycles. The van der Waals surface area contributed by atoms with E-state index in [1.807, 2.05) is 37.3 Å². The second-order valence-corrected chi connectivity index (χ2v) is 3.69. The summed E-state index contributed by atoms with van der Waals surface area (Å²) in [4.78, 5) is 0. The Bertz CT molecular complexity index is 254. The molecule has 0 saturated carbocycles. The molecule has 1 atom stereocenters. The number of benzene rings is 1. The SMILES string of the molecule is CCC(F)(CN)CCc1ccccc1. The third kappa shape index (κ3) is 3.11. The Balaban J connectivity index is 2.48. The van der Waals surface area contributed by atoms with E-state index in [1.165, 1.54) is 5.56 Å². The average Bonchev–Trinajstić information content (AvgIpc) is 2.27. The van der Waals surface area contributed by atoms with Crippen LogP contribution < -0.4 is 5.73 Å². The molecule has 0 aliphatic carbocycles. The van der Waals surface area contributed by atoms with Crippen LogP contribution in [0.1, 0.15) is 25.3 Å². The van der Waals surface area contributed by atoms with E-state index in [4.69, 9.17) is 5.73 Å². The highest BCUT2D eigenvalue weighted by atomic mass is 19.1. The molecular formula is C12H18FN. The monoisotopic (exact) mass is 195 g/mol. The van der Waals surface area contributed by atoms with Gasteiger partial charge in [-0.05, 0) is 24.8 Å². The first-order chi connectivity index (χ1) is 6.70. The van der Waals surface area contributed by atoms with Gasteiger partial charge in [-0.15, -0.1) is 0 Å². The molecule has 1 rings (SSSR count). The van der Waals surface area contributed by atoms with Crippen molar-refractivity contribution in [1.29, 1.82) is 0 Å². The summed E-state index contributed by atoms with van der Waals surface area (Å²) in [6, 6.07) is 9.96. The highest BCUT2D eigenvalue weighted by Crippen LogP contribution is 2.21. The summed E-state index contributed by atoms with van der Waals surface area (Å²) in [5.74, 6) is 0. The van der Waals surface area contributed by atoms with Crippen molar-refractivity contribution >= 4 is 0 Å². The Morgan fingerprint density at radius 2 is 1.93 bits per heavy atom. The number of alkyl halides is 1. The number of aryl methyl sites for hydroxylation is 1.